The fourth-order valence-corrected chi connectivity index (χ4v) is 2.32. The second-order valence-corrected chi connectivity index (χ2v) is 4.55. The first-order valence-electron chi connectivity index (χ1n) is 6.43. The lowest BCUT2D eigenvalue weighted by Crippen LogP contribution is -1.93. The highest BCUT2D eigenvalue weighted by Crippen LogP contribution is 2.39. The molecule has 0 bridgehead atoms. The number of benzene rings is 2. The van der Waals surface area contributed by atoms with Crippen molar-refractivity contribution in [3.05, 3.63) is 41.5 Å². The van der Waals surface area contributed by atoms with E-state index in [0.717, 1.165) is 24.0 Å². The molecule has 0 fully saturated rings. The average molecular weight is 258 g/mol. The zero-order chi connectivity index (χ0) is 14.0. The van der Waals surface area contributed by atoms with Crippen molar-refractivity contribution in [2.75, 3.05) is 0 Å². The number of aromatic hydroxyl groups is 3. The Hall–Kier alpha value is -2.16. The van der Waals surface area contributed by atoms with Crippen LogP contribution in [0, 0.1) is 0 Å². The lowest BCUT2D eigenvalue weighted by molar-refractivity contribution is 0.450. The van der Waals surface area contributed by atoms with Crippen molar-refractivity contribution >= 4 is 0 Å². The van der Waals surface area contributed by atoms with Gasteiger partial charge in [0.15, 0.2) is 0 Å². The molecule has 0 atom stereocenters. The van der Waals surface area contributed by atoms with Crippen molar-refractivity contribution in [1.82, 2.24) is 0 Å². The summed E-state index contributed by atoms with van der Waals surface area (Å²) in [6.07, 6.45) is 1.50. The highest BCUT2D eigenvalue weighted by atomic mass is 16.3. The van der Waals surface area contributed by atoms with Crippen LogP contribution in [0.3, 0.4) is 0 Å². The van der Waals surface area contributed by atoms with Crippen molar-refractivity contribution in [1.29, 1.82) is 0 Å². The number of phenolic OH excluding ortho intramolecular Hbond substituents is 3. The van der Waals surface area contributed by atoms with Crippen LogP contribution in [0.4, 0.5) is 0 Å². The molecule has 3 N–H and O–H groups in total. The predicted molar refractivity (Wildman–Crippen MR) is 75.6 cm³/mol. The quantitative estimate of drug-likeness (QED) is 0.788. The van der Waals surface area contributed by atoms with E-state index in [9.17, 15) is 15.3 Å². The molecule has 0 saturated carbocycles. The molecular weight excluding hydrogens is 240 g/mol. The normalized spacial score (nSPS) is 10.6. The molecular formula is C16H18O3. The van der Waals surface area contributed by atoms with Crippen molar-refractivity contribution in [2.24, 2.45) is 0 Å². The van der Waals surface area contributed by atoms with Crippen LogP contribution in [0.2, 0.25) is 0 Å². The van der Waals surface area contributed by atoms with E-state index in [4.69, 9.17) is 0 Å². The van der Waals surface area contributed by atoms with Gasteiger partial charge in [0.05, 0.1) is 0 Å². The Labute approximate surface area is 112 Å². The molecule has 2 aromatic carbocycles. The summed E-state index contributed by atoms with van der Waals surface area (Å²) in [5.74, 6) is 0.198. The summed E-state index contributed by atoms with van der Waals surface area (Å²) in [4.78, 5) is 0. The topological polar surface area (TPSA) is 60.7 Å². The molecule has 0 amide bonds. The van der Waals surface area contributed by atoms with E-state index < -0.39 is 0 Å². The van der Waals surface area contributed by atoms with E-state index >= 15 is 0 Å². The first kappa shape index (κ1) is 13.3. The zero-order valence-electron chi connectivity index (χ0n) is 11.1. The summed E-state index contributed by atoms with van der Waals surface area (Å²) in [5, 5.41) is 29.6. The minimum atomic E-state index is -0.0154. The minimum Gasteiger partial charge on any atom is -0.508 e. The molecule has 0 aliphatic rings. The highest BCUT2D eigenvalue weighted by Gasteiger charge is 2.14. The van der Waals surface area contributed by atoms with E-state index in [1.54, 1.807) is 12.1 Å². The van der Waals surface area contributed by atoms with E-state index in [2.05, 4.69) is 0 Å². The maximum atomic E-state index is 10.4. The Balaban J connectivity index is 2.71. The van der Waals surface area contributed by atoms with Gasteiger partial charge in [-0.2, -0.15) is 0 Å². The van der Waals surface area contributed by atoms with Gasteiger partial charge in [0.2, 0.25) is 0 Å². The van der Waals surface area contributed by atoms with Gasteiger partial charge in [-0.15, -0.1) is 0 Å². The number of hydrogen-bond donors (Lipinski definition) is 3. The average Bonchev–Trinajstić information content (AvgIpc) is 2.36. The summed E-state index contributed by atoms with van der Waals surface area (Å²) < 4.78 is 0. The van der Waals surface area contributed by atoms with Crippen molar-refractivity contribution in [3.63, 3.8) is 0 Å². The van der Waals surface area contributed by atoms with Gasteiger partial charge in [-0.1, -0.05) is 26.0 Å². The smallest absolute Gasteiger partial charge is 0.126 e. The Morgan fingerprint density at radius 3 is 1.84 bits per heavy atom. The summed E-state index contributed by atoms with van der Waals surface area (Å²) in [6, 6.07) is 8.27. The minimum absolute atomic E-state index is 0.0154. The fraction of sp³-hybridized carbons (Fsp3) is 0.250. The van der Waals surface area contributed by atoms with Gasteiger partial charge in [0.25, 0.3) is 0 Å². The predicted octanol–water partition coefficient (Wildman–Crippen LogP) is 3.60. The molecule has 2 aromatic rings. The van der Waals surface area contributed by atoms with Gasteiger partial charge >= 0.3 is 0 Å². The Kier molecular flexibility index (Phi) is 3.65. The molecule has 3 heteroatoms. The molecule has 0 spiro atoms. The van der Waals surface area contributed by atoms with E-state index in [1.807, 2.05) is 26.0 Å². The second kappa shape index (κ2) is 5.22. The maximum absolute atomic E-state index is 10.4. The van der Waals surface area contributed by atoms with Crippen LogP contribution in [-0.4, -0.2) is 15.3 Å². The molecule has 3 nitrogen and oxygen atoms in total. The van der Waals surface area contributed by atoms with Gasteiger partial charge in [0.1, 0.15) is 17.2 Å². The maximum Gasteiger partial charge on any atom is 0.126 e. The summed E-state index contributed by atoms with van der Waals surface area (Å²) in [7, 11) is 0. The highest BCUT2D eigenvalue weighted by molar-refractivity contribution is 5.77. The molecule has 100 valence electrons. The first-order chi connectivity index (χ1) is 9.06. The lowest BCUT2D eigenvalue weighted by Gasteiger charge is -2.14. The Morgan fingerprint density at radius 2 is 1.32 bits per heavy atom. The van der Waals surface area contributed by atoms with Gasteiger partial charge < -0.3 is 15.3 Å². The Bertz CT molecular complexity index is 583. The summed E-state index contributed by atoms with van der Waals surface area (Å²) in [5.41, 5.74) is 3.16. The van der Waals surface area contributed by atoms with Crippen LogP contribution in [-0.2, 0) is 12.8 Å². The molecule has 0 saturated heterocycles. The third-order valence-corrected chi connectivity index (χ3v) is 3.30. The van der Waals surface area contributed by atoms with E-state index in [0.29, 0.717) is 11.1 Å². The van der Waals surface area contributed by atoms with Gasteiger partial charge in [-0.3, -0.25) is 0 Å². The summed E-state index contributed by atoms with van der Waals surface area (Å²) >= 11 is 0. The van der Waals surface area contributed by atoms with Gasteiger partial charge in [-0.25, -0.2) is 0 Å². The van der Waals surface area contributed by atoms with Gasteiger partial charge in [0, 0.05) is 11.6 Å². The first-order valence-corrected chi connectivity index (χ1v) is 6.43. The summed E-state index contributed by atoms with van der Waals surface area (Å²) in [6.45, 7) is 3.98. The van der Waals surface area contributed by atoms with Crippen LogP contribution in [0.5, 0.6) is 17.2 Å². The van der Waals surface area contributed by atoms with Crippen LogP contribution >= 0.6 is 0 Å². The largest absolute Gasteiger partial charge is 0.508 e. The van der Waals surface area contributed by atoms with Crippen molar-refractivity contribution in [3.8, 4) is 28.4 Å². The van der Waals surface area contributed by atoms with E-state index in [-0.39, 0.29) is 17.2 Å². The number of aryl methyl sites for hydroxylation is 2. The number of hydrogen-bond acceptors (Lipinski definition) is 3. The zero-order valence-corrected chi connectivity index (χ0v) is 11.1. The molecule has 0 heterocycles. The SMILES string of the molecule is CCc1ccc(CC)c(-c2cc(O)cc(O)c2)c1O. The standard InChI is InChI=1S/C16H18O3/c1-3-10-5-6-11(4-2)16(19)15(10)12-7-13(17)9-14(18)8-12/h5-9,17-19H,3-4H2,1-2H3. The molecule has 2 rings (SSSR count). The number of rotatable bonds is 3. The van der Waals surface area contributed by atoms with Crippen molar-refractivity contribution < 1.29 is 15.3 Å². The monoisotopic (exact) mass is 258 g/mol. The Morgan fingerprint density at radius 1 is 0.789 bits per heavy atom. The third kappa shape index (κ3) is 2.50. The van der Waals surface area contributed by atoms with Crippen LogP contribution in [0.15, 0.2) is 30.3 Å². The molecule has 0 aromatic heterocycles. The lowest BCUT2D eigenvalue weighted by atomic mass is 9.93. The van der Waals surface area contributed by atoms with Crippen LogP contribution in [0.25, 0.3) is 11.1 Å². The molecule has 0 radical (unpaired) electrons. The number of phenols is 3. The molecule has 0 unspecified atom stereocenters. The van der Waals surface area contributed by atoms with Gasteiger partial charge in [-0.05, 0) is 41.7 Å². The third-order valence-electron chi connectivity index (χ3n) is 3.30. The second-order valence-electron chi connectivity index (χ2n) is 4.55. The fourth-order valence-electron chi connectivity index (χ4n) is 2.32. The van der Waals surface area contributed by atoms with Crippen molar-refractivity contribution in [2.45, 2.75) is 26.7 Å². The van der Waals surface area contributed by atoms with Crippen LogP contribution in [0.1, 0.15) is 25.0 Å². The van der Waals surface area contributed by atoms with E-state index in [1.165, 1.54) is 6.07 Å². The molecule has 19 heavy (non-hydrogen) atoms. The molecule has 0 aliphatic carbocycles. The van der Waals surface area contributed by atoms with Crippen LogP contribution < -0.4 is 0 Å². The molecule has 0 aliphatic heterocycles.